The van der Waals surface area contributed by atoms with E-state index in [-0.39, 0.29) is 11.8 Å². The molecule has 3 heterocycles. The van der Waals surface area contributed by atoms with Crippen LogP contribution in [0.5, 0.6) is 11.5 Å². The number of nitrogens with one attached hydrogen (secondary N) is 1. The molecular weight excluding hydrogens is 579 g/mol. The molecular formula is C33H39N5O3S2. The van der Waals surface area contributed by atoms with E-state index in [4.69, 9.17) is 19.3 Å². The minimum absolute atomic E-state index is 0.0723. The molecule has 0 amide bonds. The Morgan fingerprint density at radius 1 is 1.28 bits per heavy atom. The van der Waals surface area contributed by atoms with E-state index in [2.05, 4.69) is 40.3 Å². The summed E-state index contributed by atoms with van der Waals surface area (Å²) in [7, 11) is 2.17. The van der Waals surface area contributed by atoms with Gasteiger partial charge in [-0.1, -0.05) is 42.6 Å². The van der Waals surface area contributed by atoms with Crippen LogP contribution < -0.4 is 14.8 Å². The first-order chi connectivity index (χ1) is 20.8. The van der Waals surface area contributed by atoms with Crippen molar-refractivity contribution in [3.63, 3.8) is 0 Å². The third kappa shape index (κ3) is 10.7. The van der Waals surface area contributed by atoms with Gasteiger partial charge in [0.1, 0.15) is 23.9 Å². The molecule has 4 rings (SSSR count). The van der Waals surface area contributed by atoms with Gasteiger partial charge in [-0.25, -0.2) is 9.97 Å². The predicted molar refractivity (Wildman–Crippen MR) is 176 cm³/mol. The van der Waals surface area contributed by atoms with E-state index < -0.39 is 0 Å². The van der Waals surface area contributed by atoms with Gasteiger partial charge in [-0.15, -0.1) is 11.3 Å². The van der Waals surface area contributed by atoms with E-state index in [0.29, 0.717) is 17.4 Å². The number of nitrogens with zero attached hydrogens (tertiary/aromatic N) is 4. The van der Waals surface area contributed by atoms with Gasteiger partial charge in [0.05, 0.1) is 17.5 Å². The molecule has 1 N–H and O–H groups in total. The third-order valence-corrected chi connectivity index (χ3v) is 8.06. The highest BCUT2D eigenvalue weighted by molar-refractivity contribution is 8.03. The number of thioether (sulfide) groups is 1. The Kier molecular flexibility index (Phi) is 13.5. The number of carbonyl (C=O) groups excluding carboxylic acids is 1. The van der Waals surface area contributed by atoms with Crippen molar-refractivity contribution in [3.05, 3.63) is 94.5 Å². The minimum atomic E-state index is -0.0723. The van der Waals surface area contributed by atoms with Gasteiger partial charge in [0.15, 0.2) is 16.6 Å². The van der Waals surface area contributed by atoms with Crippen LogP contribution in [0.15, 0.2) is 88.0 Å². The topological polar surface area (TPSA) is 100 Å². The van der Waals surface area contributed by atoms with Crippen LogP contribution in [0.4, 0.5) is 5.13 Å². The van der Waals surface area contributed by atoms with Crippen LogP contribution in [0.1, 0.15) is 57.8 Å². The molecule has 1 saturated heterocycles. The summed E-state index contributed by atoms with van der Waals surface area (Å²) in [6, 6.07) is 13.6. The van der Waals surface area contributed by atoms with Gasteiger partial charge in [0.2, 0.25) is 0 Å². The highest BCUT2D eigenvalue weighted by Crippen LogP contribution is 2.34. The largest absolute Gasteiger partial charge is 0.488 e. The van der Waals surface area contributed by atoms with Crippen LogP contribution in [-0.4, -0.2) is 47.4 Å². The van der Waals surface area contributed by atoms with Gasteiger partial charge in [-0.2, -0.15) is 5.26 Å². The fourth-order valence-corrected chi connectivity index (χ4v) is 5.83. The summed E-state index contributed by atoms with van der Waals surface area (Å²) in [6.07, 6.45) is 8.33. The van der Waals surface area contributed by atoms with Crippen molar-refractivity contribution in [3.8, 4) is 17.6 Å². The van der Waals surface area contributed by atoms with Crippen LogP contribution in [0.25, 0.3) is 0 Å². The number of likely N-dealkylation sites (tertiary alicyclic amines) is 1. The van der Waals surface area contributed by atoms with E-state index in [0.717, 1.165) is 64.3 Å². The predicted octanol–water partition coefficient (Wildman–Crippen LogP) is 7.80. The normalized spacial score (nSPS) is 14.6. The maximum atomic E-state index is 9.41. The molecule has 2 aromatic heterocycles. The summed E-state index contributed by atoms with van der Waals surface area (Å²) >= 11 is 3.08. The molecule has 3 aromatic rings. The number of anilines is 1. The number of hydrogen-bond donors (Lipinski definition) is 1. The molecule has 10 heteroatoms. The lowest BCUT2D eigenvalue weighted by Crippen LogP contribution is -2.29. The standard InChI is InChI=1S/C31H35N5O2S2.C2H4O/c1-6-25(40-26-17-30(37-21(2)3)27(18-32)33-19-26)16-29(38-24-10-8-7-9-11-24)22(4)34-31-35-28(20-39-31)23-12-14-36(5)15-13-23;1-2-3/h6-11,16-17,19-21,23H,1,12-15H2,2-5H3,(H,34,35);2H,1H3/b25-16+,29-22-;. The van der Waals surface area contributed by atoms with Gasteiger partial charge in [-0.3, -0.25) is 0 Å². The zero-order chi connectivity index (χ0) is 31.2. The Morgan fingerprint density at radius 2 is 1.98 bits per heavy atom. The monoisotopic (exact) mass is 617 g/mol. The summed E-state index contributed by atoms with van der Waals surface area (Å²) in [6.45, 7) is 13.5. The quantitative estimate of drug-likeness (QED) is 0.1000. The molecule has 1 aliphatic rings. The van der Waals surface area contributed by atoms with E-state index in [9.17, 15) is 5.26 Å². The van der Waals surface area contributed by atoms with Crippen LogP contribution in [0, 0.1) is 11.3 Å². The number of carbonyl (C=O) groups is 1. The molecule has 1 aliphatic heterocycles. The number of allylic oxidation sites excluding steroid dienone is 3. The maximum Gasteiger partial charge on any atom is 0.187 e. The van der Waals surface area contributed by atoms with Crippen molar-refractivity contribution in [2.75, 3.05) is 25.5 Å². The Bertz CT molecular complexity index is 1450. The van der Waals surface area contributed by atoms with Gasteiger partial charge >= 0.3 is 0 Å². The van der Waals surface area contributed by atoms with Crippen molar-refractivity contribution in [1.29, 1.82) is 5.26 Å². The lowest BCUT2D eigenvalue weighted by molar-refractivity contribution is -0.106. The highest BCUT2D eigenvalue weighted by Gasteiger charge is 2.21. The molecule has 43 heavy (non-hydrogen) atoms. The van der Waals surface area contributed by atoms with Crippen molar-refractivity contribution < 1.29 is 14.3 Å². The summed E-state index contributed by atoms with van der Waals surface area (Å²) < 4.78 is 12.1. The van der Waals surface area contributed by atoms with E-state index in [1.807, 2.05) is 63.2 Å². The summed E-state index contributed by atoms with van der Waals surface area (Å²) in [5, 5.41) is 15.9. The SMILES string of the molecule is C=C/C(=C\C(Oc1ccccc1)=C(/C)Nc1nc(C2CCN(C)CC2)cs1)Sc1cnc(C#N)c(OC(C)C)c1.CC=O. The smallest absolute Gasteiger partial charge is 0.187 e. The van der Waals surface area contributed by atoms with Crippen LogP contribution in [0.3, 0.4) is 0 Å². The number of pyridine rings is 1. The van der Waals surface area contributed by atoms with Crippen LogP contribution in [-0.2, 0) is 4.79 Å². The molecule has 0 spiro atoms. The summed E-state index contributed by atoms with van der Waals surface area (Å²) in [4.78, 5) is 22.0. The second-order valence-corrected chi connectivity index (χ2v) is 12.1. The van der Waals surface area contributed by atoms with Crippen molar-refractivity contribution >= 4 is 34.5 Å². The molecule has 0 saturated carbocycles. The maximum absolute atomic E-state index is 9.41. The fourth-order valence-electron chi connectivity index (χ4n) is 4.19. The Hall–Kier alpha value is -3.91. The first-order valence-corrected chi connectivity index (χ1v) is 15.8. The van der Waals surface area contributed by atoms with Gasteiger partial charge in [0, 0.05) is 27.3 Å². The number of hydrogen-bond acceptors (Lipinski definition) is 10. The zero-order valence-electron chi connectivity index (χ0n) is 25.4. The molecule has 1 aromatic carbocycles. The molecule has 0 atom stereocenters. The third-order valence-electron chi connectivity index (χ3n) is 6.30. The highest BCUT2D eigenvalue weighted by atomic mass is 32.2. The molecule has 226 valence electrons. The number of benzene rings is 1. The number of aldehydes is 1. The van der Waals surface area contributed by atoms with Crippen molar-refractivity contribution in [1.82, 2.24) is 14.9 Å². The number of aromatic nitrogens is 2. The van der Waals surface area contributed by atoms with Gasteiger partial charge < -0.3 is 24.5 Å². The molecule has 0 aliphatic carbocycles. The van der Waals surface area contributed by atoms with E-state index >= 15 is 0 Å². The number of rotatable bonds is 11. The number of para-hydroxylation sites is 1. The first-order valence-electron chi connectivity index (χ1n) is 14.1. The Morgan fingerprint density at radius 3 is 2.60 bits per heavy atom. The summed E-state index contributed by atoms with van der Waals surface area (Å²) in [5.41, 5.74) is 2.25. The van der Waals surface area contributed by atoms with E-state index in [1.54, 1.807) is 23.6 Å². The van der Waals surface area contributed by atoms with Gasteiger partial charge in [0.25, 0.3) is 0 Å². The van der Waals surface area contributed by atoms with Crippen molar-refractivity contribution in [2.45, 2.75) is 57.5 Å². The molecule has 0 radical (unpaired) electrons. The molecule has 1 fully saturated rings. The van der Waals surface area contributed by atoms with Crippen molar-refractivity contribution in [2.24, 2.45) is 0 Å². The van der Waals surface area contributed by atoms with E-state index in [1.165, 1.54) is 18.7 Å². The second kappa shape index (κ2) is 17.3. The Labute approximate surface area is 263 Å². The summed E-state index contributed by atoms with van der Waals surface area (Å²) in [5.74, 6) is 2.33. The van der Waals surface area contributed by atoms with Gasteiger partial charge in [-0.05, 0) is 84.9 Å². The number of nitriles is 1. The molecule has 0 bridgehead atoms. The molecule has 8 nitrogen and oxygen atoms in total. The number of ether oxygens (including phenoxy) is 2. The average molecular weight is 618 g/mol. The minimum Gasteiger partial charge on any atom is -0.488 e. The zero-order valence-corrected chi connectivity index (χ0v) is 27.0. The van der Waals surface area contributed by atoms with Crippen LogP contribution >= 0.6 is 23.1 Å². The second-order valence-electron chi connectivity index (χ2n) is 10.1. The Balaban J connectivity index is 0.00000162. The number of piperidine rings is 1. The fraction of sp³-hybridized carbons (Fsp3) is 0.333. The number of thiazole rings is 1. The first kappa shape index (κ1) is 33.6. The molecule has 0 unspecified atom stereocenters. The average Bonchev–Trinajstić information content (AvgIpc) is 3.46. The lowest BCUT2D eigenvalue weighted by atomic mass is 9.95. The van der Waals surface area contributed by atoms with Crippen LogP contribution in [0.2, 0.25) is 0 Å². The lowest BCUT2D eigenvalue weighted by Gasteiger charge is -2.27.